The zero-order valence-electron chi connectivity index (χ0n) is 19.5. The summed E-state index contributed by atoms with van der Waals surface area (Å²) < 4.78 is 5.27. The van der Waals surface area contributed by atoms with Crippen molar-refractivity contribution in [2.45, 2.75) is 46.1 Å². The van der Waals surface area contributed by atoms with E-state index in [0.717, 1.165) is 5.82 Å². The van der Waals surface area contributed by atoms with E-state index in [1.54, 1.807) is 19.2 Å². The number of hydrogen-bond donors (Lipinski definition) is 5. The number of methoxy groups -OCH3 is 1. The highest BCUT2D eigenvalue weighted by atomic mass is 16.5. The van der Waals surface area contributed by atoms with E-state index in [2.05, 4.69) is 35.6 Å². The van der Waals surface area contributed by atoms with E-state index in [1.165, 1.54) is 7.11 Å². The minimum Gasteiger partial charge on any atom is -0.478 e. The van der Waals surface area contributed by atoms with Crippen LogP contribution in [0.3, 0.4) is 0 Å². The van der Waals surface area contributed by atoms with Gasteiger partial charge in [-0.05, 0) is 19.9 Å². The molecule has 1 unspecified atom stereocenters. The molecular weight excluding hydrogens is 426 g/mol. The summed E-state index contributed by atoms with van der Waals surface area (Å²) in [5, 5.41) is 14.3. The molecule has 0 aliphatic heterocycles. The lowest BCUT2D eigenvalue weighted by atomic mass is 9.96. The van der Waals surface area contributed by atoms with E-state index in [9.17, 15) is 4.79 Å². The summed E-state index contributed by atoms with van der Waals surface area (Å²) in [4.78, 5) is 36.7. The van der Waals surface area contributed by atoms with Crippen LogP contribution in [0.1, 0.15) is 39.2 Å². The maximum atomic E-state index is 10.8. The van der Waals surface area contributed by atoms with Gasteiger partial charge in [0, 0.05) is 24.2 Å². The fraction of sp³-hybridized carbons (Fsp3) is 0.429. The Morgan fingerprint density at radius 2 is 1.97 bits per heavy atom. The molecule has 176 valence electrons. The van der Waals surface area contributed by atoms with Crippen molar-refractivity contribution >= 4 is 17.9 Å². The molecule has 3 aromatic heterocycles. The van der Waals surface area contributed by atoms with E-state index in [0.29, 0.717) is 41.0 Å². The number of H-pyrrole nitrogens is 1. The molecule has 0 aliphatic rings. The molecule has 3 rings (SSSR count). The minimum absolute atomic E-state index is 0.202. The highest BCUT2D eigenvalue weighted by molar-refractivity contribution is 5.77. The number of carbonyl (C=O) groups is 1. The quantitative estimate of drug-likeness (QED) is 0.356. The molecule has 6 N–H and O–H groups in total. The fourth-order valence-electron chi connectivity index (χ4n) is 3.08. The van der Waals surface area contributed by atoms with E-state index >= 15 is 0 Å². The van der Waals surface area contributed by atoms with Crippen LogP contribution in [-0.2, 0) is 5.41 Å². The largest absolute Gasteiger partial charge is 0.478 e. The van der Waals surface area contributed by atoms with Gasteiger partial charge in [-0.15, -0.1) is 0 Å². The second-order valence-corrected chi connectivity index (χ2v) is 8.61. The summed E-state index contributed by atoms with van der Waals surface area (Å²) in [5.41, 5.74) is 8.58. The Labute approximate surface area is 191 Å². The molecule has 0 saturated heterocycles. The number of hydrogen-bond acceptors (Lipinski definition) is 9. The molecule has 0 fully saturated rings. The van der Waals surface area contributed by atoms with Gasteiger partial charge in [-0.2, -0.15) is 0 Å². The number of aryl methyl sites for hydroxylation is 1. The first kappa shape index (κ1) is 23.7. The molecule has 0 aromatic carbocycles. The fourth-order valence-corrected chi connectivity index (χ4v) is 3.08. The van der Waals surface area contributed by atoms with Gasteiger partial charge in [0.15, 0.2) is 5.82 Å². The van der Waals surface area contributed by atoms with Gasteiger partial charge >= 0.3 is 6.09 Å². The van der Waals surface area contributed by atoms with Crippen molar-refractivity contribution in [2.24, 2.45) is 0 Å². The van der Waals surface area contributed by atoms with E-state index < -0.39 is 6.09 Å². The van der Waals surface area contributed by atoms with Crippen molar-refractivity contribution in [3.8, 4) is 28.7 Å². The number of nitrogens with zero attached hydrogens (tertiary/aromatic N) is 5. The first-order valence-electron chi connectivity index (χ1n) is 10.3. The van der Waals surface area contributed by atoms with Gasteiger partial charge in [0.1, 0.15) is 17.2 Å². The van der Waals surface area contributed by atoms with Crippen molar-refractivity contribution in [2.75, 3.05) is 24.7 Å². The van der Waals surface area contributed by atoms with Crippen LogP contribution in [0.15, 0.2) is 12.3 Å². The molecule has 33 heavy (non-hydrogen) atoms. The lowest BCUT2D eigenvalue weighted by molar-refractivity contribution is 0.191. The normalized spacial score (nSPS) is 12.3. The molecule has 3 aromatic rings. The molecule has 1 amide bonds. The third-order valence-corrected chi connectivity index (χ3v) is 4.74. The van der Waals surface area contributed by atoms with Crippen LogP contribution < -0.4 is 21.1 Å². The zero-order valence-corrected chi connectivity index (χ0v) is 19.5. The lowest BCUT2D eigenvalue weighted by Crippen LogP contribution is -2.36. The Bertz CT molecular complexity index is 1150. The van der Waals surface area contributed by atoms with Crippen molar-refractivity contribution in [1.29, 1.82) is 0 Å². The van der Waals surface area contributed by atoms with E-state index in [1.807, 2.05) is 27.7 Å². The van der Waals surface area contributed by atoms with Crippen LogP contribution in [0.5, 0.6) is 5.88 Å². The number of nitrogens with two attached hydrogens (primary N) is 1. The topological polar surface area (TPSA) is 177 Å². The summed E-state index contributed by atoms with van der Waals surface area (Å²) in [6.45, 7) is 10.0. The Morgan fingerprint density at radius 3 is 2.61 bits per heavy atom. The van der Waals surface area contributed by atoms with Crippen LogP contribution in [0.2, 0.25) is 0 Å². The summed E-state index contributed by atoms with van der Waals surface area (Å²) >= 11 is 0. The number of amides is 1. The first-order valence-corrected chi connectivity index (χ1v) is 10.3. The third-order valence-electron chi connectivity index (χ3n) is 4.74. The monoisotopic (exact) mass is 455 g/mol. The minimum atomic E-state index is -1.09. The van der Waals surface area contributed by atoms with Gasteiger partial charge in [0.05, 0.1) is 24.2 Å². The van der Waals surface area contributed by atoms with Crippen LogP contribution in [-0.4, -0.2) is 60.8 Å². The first-order chi connectivity index (χ1) is 15.5. The van der Waals surface area contributed by atoms with E-state index in [-0.39, 0.29) is 23.2 Å². The molecule has 0 saturated carbocycles. The molecule has 0 aliphatic carbocycles. The van der Waals surface area contributed by atoms with E-state index in [4.69, 9.17) is 20.6 Å². The number of carboxylic acid groups (broad SMARTS) is 1. The molecule has 0 spiro atoms. The number of aromatic amines is 1. The van der Waals surface area contributed by atoms with Crippen molar-refractivity contribution in [3.05, 3.63) is 23.8 Å². The molecule has 3 heterocycles. The Hall–Kier alpha value is -3.96. The van der Waals surface area contributed by atoms with Gasteiger partial charge in [-0.25, -0.2) is 29.7 Å². The summed E-state index contributed by atoms with van der Waals surface area (Å²) in [6.07, 6.45) is 0.516. The smallest absolute Gasteiger partial charge is 0.404 e. The molecule has 0 bridgehead atoms. The summed E-state index contributed by atoms with van der Waals surface area (Å²) in [7, 11) is 1.48. The van der Waals surface area contributed by atoms with Crippen molar-refractivity contribution < 1.29 is 14.6 Å². The lowest BCUT2D eigenvalue weighted by Gasteiger charge is -2.14. The Balaban J connectivity index is 2.05. The molecule has 0 radical (unpaired) electrons. The number of rotatable bonds is 7. The highest BCUT2D eigenvalue weighted by Crippen LogP contribution is 2.34. The SMILES string of the molecule is COc1nc(-c2[nH]c(C(C)(C)C)nc2-c2ccnc(NCC(C)NC(=O)O)n2)c(C)nc1N. The van der Waals surface area contributed by atoms with Crippen LogP contribution in [0.4, 0.5) is 16.6 Å². The average Bonchev–Trinajstić information content (AvgIpc) is 3.18. The maximum absolute atomic E-state index is 10.8. The van der Waals surface area contributed by atoms with Gasteiger partial charge in [-0.1, -0.05) is 20.8 Å². The molecule has 12 heteroatoms. The van der Waals surface area contributed by atoms with Crippen molar-refractivity contribution in [1.82, 2.24) is 35.2 Å². The number of aromatic nitrogens is 6. The molecule has 1 atom stereocenters. The van der Waals surface area contributed by atoms with Crippen LogP contribution >= 0.6 is 0 Å². The summed E-state index contributed by atoms with van der Waals surface area (Å²) in [6, 6.07) is 1.41. The van der Waals surface area contributed by atoms with Gasteiger partial charge < -0.3 is 31.2 Å². The predicted octanol–water partition coefficient (Wildman–Crippen LogP) is 2.59. The predicted molar refractivity (Wildman–Crippen MR) is 124 cm³/mol. The number of anilines is 2. The average molecular weight is 456 g/mol. The standard InChI is InChI=1S/C21H29N9O3/c1-10(25-20(31)32)9-24-19-23-8-7-12(27-19)14-15(30-18(29-14)21(3,4)5)13-11(2)26-16(22)17(28-13)33-6/h7-8,10,25H,9H2,1-6H3,(H2,22,26)(H,29,30)(H,31,32)(H,23,24,27). The third kappa shape index (κ3) is 5.45. The maximum Gasteiger partial charge on any atom is 0.404 e. The number of nitrogens with one attached hydrogen (secondary N) is 3. The number of imidazole rings is 1. The highest BCUT2D eigenvalue weighted by Gasteiger charge is 2.26. The second-order valence-electron chi connectivity index (χ2n) is 8.61. The Kier molecular flexibility index (Phi) is 6.65. The second kappa shape index (κ2) is 9.27. The van der Waals surface area contributed by atoms with Gasteiger partial charge in [0.2, 0.25) is 5.95 Å². The molecular formula is C21H29N9O3. The van der Waals surface area contributed by atoms with Crippen molar-refractivity contribution in [3.63, 3.8) is 0 Å². The molecule has 12 nitrogen and oxygen atoms in total. The zero-order chi connectivity index (χ0) is 24.3. The van der Waals surface area contributed by atoms with Gasteiger partial charge in [-0.3, -0.25) is 0 Å². The van der Waals surface area contributed by atoms with Gasteiger partial charge in [0.25, 0.3) is 5.88 Å². The number of nitrogen functional groups attached to an aromatic ring is 1. The summed E-state index contributed by atoms with van der Waals surface area (Å²) in [5.74, 6) is 1.51. The number of ether oxygens (including phenoxy) is 1. The van der Waals surface area contributed by atoms with Crippen LogP contribution in [0, 0.1) is 6.92 Å². The van der Waals surface area contributed by atoms with Crippen LogP contribution in [0.25, 0.3) is 22.8 Å². The Morgan fingerprint density at radius 1 is 1.24 bits per heavy atom.